The van der Waals surface area contributed by atoms with Crippen LogP contribution in [0.2, 0.25) is 0 Å². The van der Waals surface area contributed by atoms with Gasteiger partial charge in [0.25, 0.3) is 15.3 Å². The number of hydrogen-bond acceptors (Lipinski definition) is 6. The minimum absolute atomic E-state index is 0.146. The molecule has 3 aromatic rings. The van der Waals surface area contributed by atoms with Crippen molar-refractivity contribution < 1.29 is 13.2 Å². The molecule has 5 rings (SSSR count). The second-order valence-electron chi connectivity index (χ2n) is 7.59. The Morgan fingerprint density at radius 1 is 1.07 bits per heavy atom. The molecular weight excluding hydrogens is 438 g/mol. The van der Waals surface area contributed by atoms with Crippen LogP contribution in [-0.4, -0.2) is 20.2 Å². The number of benzene rings is 2. The van der Waals surface area contributed by atoms with E-state index in [0.717, 1.165) is 39.0 Å². The first-order valence-electron chi connectivity index (χ1n) is 9.85. The molecule has 1 aromatic heterocycles. The van der Waals surface area contributed by atoms with E-state index in [9.17, 15) is 13.2 Å². The maximum Gasteiger partial charge on any atom is 0.295 e. The first-order chi connectivity index (χ1) is 14.5. The molecule has 2 heterocycles. The Morgan fingerprint density at radius 2 is 1.83 bits per heavy atom. The molecular formula is C21H21N3O3S3. The predicted octanol–water partition coefficient (Wildman–Crippen LogP) is 4.86. The molecule has 1 aliphatic carbocycles. The lowest BCUT2D eigenvalue weighted by molar-refractivity contribution is 0.259. The van der Waals surface area contributed by atoms with Gasteiger partial charge in [-0.2, -0.15) is 0 Å². The zero-order valence-corrected chi connectivity index (χ0v) is 18.5. The van der Waals surface area contributed by atoms with Crippen molar-refractivity contribution in [2.24, 2.45) is 5.92 Å². The van der Waals surface area contributed by atoms with Gasteiger partial charge in [0.05, 0.1) is 4.90 Å². The Bertz CT molecular complexity index is 1150. The van der Waals surface area contributed by atoms with Crippen LogP contribution in [0.1, 0.15) is 31.0 Å². The largest absolute Gasteiger partial charge is 0.326 e. The normalized spacial score (nSPS) is 19.2. The Balaban J connectivity index is 1.46. The zero-order valence-electron chi connectivity index (χ0n) is 16.1. The first-order valence-corrected chi connectivity index (χ1v) is 12.9. The molecule has 0 bridgehead atoms. The van der Waals surface area contributed by atoms with Crippen molar-refractivity contribution in [2.45, 2.75) is 30.3 Å². The number of carbonyl (C=O) groups excluding carboxylic acids is 1. The van der Waals surface area contributed by atoms with Crippen LogP contribution in [0.3, 0.4) is 0 Å². The summed E-state index contributed by atoms with van der Waals surface area (Å²) >= 11 is 2.51. The number of carbonyl (C=O) groups is 1. The number of hydrogen-bond donors (Lipinski definition) is 2. The summed E-state index contributed by atoms with van der Waals surface area (Å²) in [5.41, 5.74) is 0.818. The molecule has 156 valence electrons. The second-order valence-corrected chi connectivity index (χ2v) is 11.3. The summed E-state index contributed by atoms with van der Waals surface area (Å²) in [6.45, 7) is 0.485. The summed E-state index contributed by atoms with van der Waals surface area (Å²) in [5, 5.41) is 4.45. The summed E-state index contributed by atoms with van der Waals surface area (Å²) in [7, 11) is -3.69. The molecule has 0 radical (unpaired) electrons. The Morgan fingerprint density at radius 3 is 2.50 bits per heavy atom. The van der Waals surface area contributed by atoms with Gasteiger partial charge >= 0.3 is 0 Å². The van der Waals surface area contributed by atoms with Crippen LogP contribution in [0.15, 0.2) is 59.5 Å². The van der Waals surface area contributed by atoms with Crippen molar-refractivity contribution in [2.75, 3.05) is 10.8 Å². The van der Waals surface area contributed by atoms with Crippen LogP contribution in [0.4, 0.5) is 9.80 Å². The summed E-state index contributed by atoms with van der Waals surface area (Å²) in [6, 6.07) is 16.7. The lowest BCUT2D eigenvalue weighted by Crippen LogP contribution is -2.31. The van der Waals surface area contributed by atoms with Crippen molar-refractivity contribution in [1.29, 1.82) is 0 Å². The monoisotopic (exact) mass is 459 g/mol. The zero-order chi connectivity index (χ0) is 20.7. The molecule has 1 aliphatic heterocycles. The van der Waals surface area contributed by atoms with E-state index in [4.69, 9.17) is 0 Å². The number of nitrogens with zero attached hydrogens (tertiary/aromatic N) is 1. The molecule has 1 amide bonds. The molecule has 1 saturated heterocycles. The van der Waals surface area contributed by atoms with Crippen molar-refractivity contribution in [3.8, 4) is 0 Å². The third-order valence-electron chi connectivity index (χ3n) is 5.43. The van der Waals surface area contributed by atoms with Crippen LogP contribution >= 0.6 is 23.3 Å². The van der Waals surface area contributed by atoms with Gasteiger partial charge in [0, 0.05) is 23.2 Å². The Labute approximate surface area is 183 Å². The fourth-order valence-electron chi connectivity index (χ4n) is 3.55. The highest BCUT2D eigenvalue weighted by Gasteiger charge is 2.30. The summed E-state index contributed by atoms with van der Waals surface area (Å²) in [6.07, 6.45) is 2.94. The van der Waals surface area contributed by atoms with Gasteiger partial charge in [-0.25, -0.2) is 13.1 Å². The average molecular weight is 460 g/mol. The lowest BCUT2D eigenvalue weighted by atomic mass is 10.2. The van der Waals surface area contributed by atoms with Crippen molar-refractivity contribution in [3.63, 3.8) is 0 Å². The van der Waals surface area contributed by atoms with Crippen LogP contribution in [0.25, 0.3) is 10.1 Å². The standard InChI is InChI=1S/C21H21N3O3S3/c25-21-22-20(23-29-21)15-7-9-17(10-8-15)30(26,27)24(12-11-14-5-6-14)19-13-16-3-1-2-4-18(16)28-19/h1-4,7-10,13-14,20,23H,5-6,11-12H2,(H,22,25). The fourth-order valence-corrected chi connectivity index (χ4v) is 6.91. The average Bonchev–Trinajstić information content (AvgIpc) is 3.30. The van der Waals surface area contributed by atoms with Gasteiger partial charge < -0.3 is 5.32 Å². The highest BCUT2D eigenvalue weighted by atomic mass is 32.2. The van der Waals surface area contributed by atoms with E-state index in [1.165, 1.54) is 24.2 Å². The van der Waals surface area contributed by atoms with Crippen molar-refractivity contribution in [3.05, 3.63) is 60.2 Å². The lowest BCUT2D eigenvalue weighted by Gasteiger charge is -2.23. The molecule has 1 saturated carbocycles. The van der Waals surface area contributed by atoms with E-state index in [1.807, 2.05) is 30.3 Å². The van der Waals surface area contributed by atoms with E-state index in [1.54, 1.807) is 28.6 Å². The van der Waals surface area contributed by atoms with Gasteiger partial charge in [-0.15, -0.1) is 11.3 Å². The van der Waals surface area contributed by atoms with E-state index < -0.39 is 10.0 Å². The fraction of sp³-hybridized carbons (Fsp3) is 0.286. The van der Waals surface area contributed by atoms with E-state index in [0.29, 0.717) is 12.5 Å². The molecule has 1 atom stereocenters. The van der Waals surface area contributed by atoms with Gasteiger partial charge in [0.2, 0.25) is 0 Å². The van der Waals surface area contributed by atoms with Gasteiger partial charge in [-0.3, -0.25) is 9.10 Å². The van der Waals surface area contributed by atoms with Gasteiger partial charge in [0.15, 0.2) is 0 Å². The number of nitrogens with one attached hydrogen (secondary N) is 2. The van der Waals surface area contributed by atoms with Crippen molar-refractivity contribution >= 4 is 53.6 Å². The molecule has 2 aliphatic rings. The molecule has 9 heteroatoms. The van der Waals surface area contributed by atoms with Gasteiger partial charge in [0.1, 0.15) is 11.2 Å². The third-order valence-corrected chi connectivity index (χ3v) is 9.17. The second kappa shape index (κ2) is 7.88. The quantitative estimate of drug-likeness (QED) is 0.494. The first kappa shape index (κ1) is 19.9. The van der Waals surface area contributed by atoms with Crippen molar-refractivity contribution in [1.82, 2.24) is 10.0 Å². The molecule has 2 fully saturated rings. The Kier molecular flexibility index (Phi) is 5.22. The minimum atomic E-state index is -3.69. The predicted molar refractivity (Wildman–Crippen MR) is 122 cm³/mol. The number of sulfonamides is 1. The van der Waals surface area contributed by atoms with E-state index in [2.05, 4.69) is 10.0 Å². The van der Waals surface area contributed by atoms with Crippen LogP contribution < -0.4 is 14.3 Å². The third kappa shape index (κ3) is 3.94. The number of amides is 1. The summed E-state index contributed by atoms with van der Waals surface area (Å²) < 4.78 is 32.8. The molecule has 2 N–H and O–H groups in total. The van der Waals surface area contributed by atoms with Crippen LogP contribution in [0, 0.1) is 5.92 Å². The number of thiophene rings is 1. The topological polar surface area (TPSA) is 78.5 Å². The number of anilines is 1. The summed E-state index contributed by atoms with van der Waals surface area (Å²) in [5.74, 6) is 0.633. The van der Waals surface area contributed by atoms with Gasteiger partial charge in [-0.1, -0.05) is 43.2 Å². The number of fused-ring (bicyclic) bond motifs is 1. The van der Waals surface area contributed by atoms with E-state index in [-0.39, 0.29) is 16.3 Å². The minimum Gasteiger partial charge on any atom is -0.326 e. The van der Waals surface area contributed by atoms with Gasteiger partial charge in [-0.05, 0) is 47.6 Å². The molecule has 1 unspecified atom stereocenters. The maximum atomic E-state index is 13.6. The SMILES string of the molecule is O=C1NC(c2ccc(S(=O)(=O)N(CCC3CC3)c3cc4ccccc4s3)cc2)NS1. The molecule has 30 heavy (non-hydrogen) atoms. The number of rotatable bonds is 7. The van der Waals surface area contributed by atoms with Crippen LogP contribution in [-0.2, 0) is 10.0 Å². The maximum absolute atomic E-state index is 13.6. The molecule has 6 nitrogen and oxygen atoms in total. The molecule has 2 aromatic carbocycles. The smallest absolute Gasteiger partial charge is 0.295 e. The van der Waals surface area contributed by atoms with E-state index >= 15 is 0 Å². The Hall–Kier alpha value is -2.07. The molecule has 0 spiro atoms. The highest BCUT2D eigenvalue weighted by molar-refractivity contribution is 8.12. The summed E-state index contributed by atoms with van der Waals surface area (Å²) in [4.78, 5) is 11.7. The highest BCUT2D eigenvalue weighted by Crippen LogP contribution is 2.38. The van der Waals surface area contributed by atoms with Crippen LogP contribution in [0.5, 0.6) is 0 Å².